The molecule has 1 aliphatic rings. The second-order valence-electron chi connectivity index (χ2n) is 5.85. The Labute approximate surface area is 128 Å². The molecule has 1 saturated heterocycles. The van der Waals surface area contributed by atoms with E-state index in [-0.39, 0.29) is 0 Å². The molecule has 3 N–H and O–H groups in total. The molecule has 1 aromatic rings. The van der Waals surface area contributed by atoms with Gasteiger partial charge in [0, 0.05) is 18.3 Å². The maximum atomic E-state index is 5.88. The van der Waals surface area contributed by atoms with Crippen LogP contribution in [0.4, 0.5) is 5.69 Å². The highest BCUT2D eigenvalue weighted by Crippen LogP contribution is 2.16. The van der Waals surface area contributed by atoms with Gasteiger partial charge in [-0.1, -0.05) is 24.6 Å². The van der Waals surface area contributed by atoms with Gasteiger partial charge < -0.3 is 16.0 Å². The Morgan fingerprint density at radius 2 is 2.10 bits per heavy atom. The van der Waals surface area contributed by atoms with Crippen LogP contribution < -0.4 is 11.1 Å². The number of nitrogens with one attached hydrogen (secondary N) is 1. The molecule has 21 heavy (non-hydrogen) atoms. The van der Waals surface area contributed by atoms with Crippen LogP contribution >= 0.6 is 0 Å². The number of nitrogens with two attached hydrogens (primary N) is 1. The molecule has 0 saturated carbocycles. The molecule has 1 aromatic carbocycles. The first kappa shape index (κ1) is 15.8. The van der Waals surface area contributed by atoms with Crippen LogP contribution in [0.3, 0.4) is 0 Å². The van der Waals surface area contributed by atoms with Gasteiger partial charge in [0.15, 0.2) is 5.96 Å². The number of hydrogen-bond donors (Lipinski definition) is 2. The Morgan fingerprint density at radius 3 is 2.86 bits per heavy atom. The van der Waals surface area contributed by atoms with Crippen LogP contribution in [0.25, 0.3) is 0 Å². The summed E-state index contributed by atoms with van der Waals surface area (Å²) in [6, 6.07) is 10.7. The van der Waals surface area contributed by atoms with E-state index < -0.39 is 0 Å². The number of benzene rings is 1. The van der Waals surface area contributed by atoms with Crippen LogP contribution in [0.1, 0.15) is 39.0 Å². The topological polar surface area (TPSA) is 53.6 Å². The average molecular weight is 288 g/mol. The van der Waals surface area contributed by atoms with Crippen molar-refractivity contribution in [2.45, 2.75) is 45.1 Å². The number of aliphatic imine (C=N–C) groups is 1. The van der Waals surface area contributed by atoms with E-state index in [1.165, 1.54) is 38.8 Å². The largest absolute Gasteiger partial charge is 0.370 e. The zero-order valence-electron chi connectivity index (χ0n) is 13.1. The summed E-state index contributed by atoms with van der Waals surface area (Å²) in [4.78, 5) is 7.00. The highest BCUT2D eigenvalue weighted by molar-refractivity contribution is 5.92. The number of para-hydroxylation sites is 1. The van der Waals surface area contributed by atoms with E-state index in [0.717, 1.165) is 24.7 Å². The van der Waals surface area contributed by atoms with Crippen molar-refractivity contribution in [3.63, 3.8) is 0 Å². The van der Waals surface area contributed by atoms with Gasteiger partial charge in [0.25, 0.3) is 0 Å². The quantitative estimate of drug-likeness (QED) is 0.480. The summed E-state index contributed by atoms with van der Waals surface area (Å²) in [5.74, 6) is 0.507. The molecule has 4 nitrogen and oxygen atoms in total. The second-order valence-corrected chi connectivity index (χ2v) is 5.85. The number of likely N-dealkylation sites (tertiary alicyclic amines) is 1. The number of nitrogens with zero attached hydrogens (tertiary/aromatic N) is 2. The molecule has 0 aromatic heterocycles. The van der Waals surface area contributed by atoms with Crippen molar-refractivity contribution in [1.29, 1.82) is 0 Å². The summed E-state index contributed by atoms with van der Waals surface area (Å²) in [6.45, 7) is 5.61. The fourth-order valence-corrected chi connectivity index (χ4v) is 2.82. The van der Waals surface area contributed by atoms with E-state index in [1.54, 1.807) is 0 Å². The lowest BCUT2D eigenvalue weighted by molar-refractivity contribution is 0.158. The zero-order chi connectivity index (χ0) is 14.9. The predicted octanol–water partition coefficient (Wildman–Crippen LogP) is 3.07. The van der Waals surface area contributed by atoms with Crippen LogP contribution in [0.15, 0.2) is 35.3 Å². The molecule has 1 fully saturated rings. The van der Waals surface area contributed by atoms with Crippen molar-refractivity contribution < 1.29 is 0 Å². The lowest BCUT2D eigenvalue weighted by Gasteiger charge is -2.33. The van der Waals surface area contributed by atoms with Crippen molar-refractivity contribution in [2.24, 2.45) is 10.7 Å². The smallest absolute Gasteiger partial charge is 0.193 e. The van der Waals surface area contributed by atoms with Crippen LogP contribution in [-0.2, 0) is 0 Å². The Bertz CT molecular complexity index is 430. The fourth-order valence-electron chi connectivity index (χ4n) is 2.82. The van der Waals surface area contributed by atoms with E-state index in [0.29, 0.717) is 5.96 Å². The number of unbranched alkanes of at least 4 members (excludes halogenated alkanes) is 1. The maximum Gasteiger partial charge on any atom is 0.193 e. The third-order valence-electron chi connectivity index (χ3n) is 4.12. The normalized spacial score (nSPS) is 20.4. The van der Waals surface area contributed by atoms with Crippen LogP contribution in [0, 0.1) is 0 Å². The molecular formula is C17H28N4. The van der Waals surface area contributed by atoms with Crippen molar-refractivity contribution in [3.05, 3.63) is 30.3 Å². The summed E-state index contributed by atoms with van der Waals surface area (Å²) in [5.41, 5.74) is 6.87. The minimum atomic E-state index is 0.507. The van der Waals surface area contributed by atoms with Gasteiger partial charge in [-0.15, -0.1) is 0 Å². The zero-order valence-corrected chi connectivity index (χ0v) is 13.1. The van der Waals surface area contributed by atoms with E-state index in [4.69, 9.17) is 5.73 Å². The third-order valence-corrected chi connectivity index (χ3v) is 4.12. The van der Waals surface area contributed by atoms with Crippen molar-refractivity contribution in [3.8, 4) is 0 Å². The Hall–Kier alpha value is -1.55. The summed E-state index contributed by atoms with van der Waals surface area (Å²) in [6.07, 6.45) is 6.40. The number of piperidine rings is 1. The first-order valence-electron chi connectivity index (χ1n) is 8.12. The number of hydrogen-bond acceptors (Lipinski definition) is 2. The lowest BCUT2D eigenvalue weighted by atomic mass is 10.0. The molecule has 1 atom stereocenters. The lowest BCUT2D eigenvalue weighted by Crippen LogP contribution is -2.38. The Kier molecular flexibility index (Phi) is 6.54. The molecule has 0 spiro atoms. The monoisotopic (exact) mass is 288 g/mol. The molecule has 1 aliphatic heterocycles. The van der Waals surface area contributed by atoms with Crippen LogP contribution in [-0.4, -0.2) is 36.5 Å². The minimum absolute atomic E-state index is 0.507. The van der Waals surface area contributed by atoms with Gasteiger partial charge in [-0.2, -0.15) is 0 Å². The second kappa shape index (κ2) is 8.67. The van der Waals surface area contributed by atoms with Gasteiger partial charge in [0.2, 0.25) is 0 Å². The SMILES string of the molecule is CC1CCCCN1CCCCN=C(N)Nc1ccccc1. The maximum absolute atomic E-state index is 5.88. The van der Waals surface area contributed by atoms with Gasteiger partial charge in [0.05, 0.1) is 0 Å². The Morgan fingerprint density at radius 1 is 1.29 bits per heavy atom. The molecule has 2 rings (SSSR count). The summed E-state index contributed by atoms with van der Waals surface area (Å²) >= 11 is 0. The van der Waals surface area contributed by atoms with Crippen LogP contribution in [0.2, 0.25) is 0 Å². The van der Waals surface area contributed by atoms with Crippen LogP contribution in [0.5, 0.6) is 0 Å². The highest BCUT2D eigenvalue weighted by atomic mass is 15.2. The fraction of sp³-hybridized carbons (Fsp3) is 0.588. The molecule has 0 amide bonds. The molecule has 0 aliphatic carbocycles. The first-order valence-corrected chi connectivity index (χ1v) is 8.12. The van der Waals surface area contributed by atoms with Gasteiger partial charge in [-0.3, -0.25) is 4.99 Å². The van der Waals surface area contributed by atoms with E-state index in [2.05, 4.69) is 22.1 Å². The molecule has 1 unspecified atom stereocenters. The molecule has 116 valence electrons. The van der Waals surface area contributed by atoms with Gasteiger partial charge in [-0.05, 0) is 57.8 Å². The Balaban J connectivity index is 1.61. The minimum Gasteiger partial charge on any atom is -0.370 e. The van der Waals surface area contributed by atoms with Gasteiger partial charge in [0.1, 0.15) is 0 Å². The summed E-state index contributed by atoms with van der Waals surface area (Å²) < 4.78 is 0. The van der Waals surface area contributed by atoms with Crippen molar-refractivity contribution in [1.82, 2.24) is 4.90 Å². The summed E-state index contributed by atoms with van der Waals surface area (Å²) in [5, 5.41) is 3.11. The molecule has 0 bridgehead atoms. The standard InChI is InChI=1S/C17H28N4/c1-15-9-5-7-13-21(15)14-8-6-12-19-17(18)20-16-10-3-2-4-11-16/h2-4,10-11,15H,5-9,12-14H2,1H3,(H3,18,19,20). The molecule has 1 heterocycles. The summed E-state index contributed by atoms with van der Waals surface area (Å²) in [7, 11) is 0. The third kappa shape index (κ3) is 5.76. The van der Waals surface area contributed by atoms with Gasteiger partial charge in [-0.25, -0.2) is 0 Å². The average Bonchev–Trinajstić information content (AvgIpc) is 2.50. The van der Waals surface area contributed by atoms with E-state index >= 15 is 0 Å². The number of rotatable bonds is 6. The molecule has 4 heteroatoms. The van der Waals surface area contributed by atoms with Gasteiger partial charge >= 0.3 is 0 Å². The predicted molar refractivity (Wildman–Crippen MR) is 90.7 cm³/mol. The molecular weight excluding hydrogens is 260 g/mol. The number of anilines is 1. The van der Waals surface area contributed by atoms with E-state index in [1.807, 2.05) is 30.3 Å². The molecule has 0 radical (unpaired) electrons. The van der Waals surface area contributed by atoms with E-state index in [9.17, 15) is 0 Å². The van der Waals surface area contributed by atoms with Crippen molar-refractivity contribution >= 4 is 11.6 Å². The first-order chi connectivity index (χ1) is 10.3. The highest BCUT2D eigenvalue weighted by Gasteiger charge is 2.16. The number of guanidine groups is 1. The van der Waals surface area contributed by atoms with Crippen molar-refractivity contribution in [2.75, 3.05) is 25.0 Å².